The second kappa shape index (κ2) is 6.22. The number of ether oxygens (including phenoxy) is 2. The van der Waals surface area contributed by atoms with E-state index < -0.39 is 5.60 Å². The van der Waals surface area contributed by atoms with E-state index in [1.54, 1.807) is 0 Å². The maximum Gasteiger partial charge on any atom is 0.331 e. The van der Waals surface area contributed by atoms with Crippen LogP contribution in [0.5, 0.6) is 0 Å². The highest BCUT2D eigenvalue weighted by molar-refractivity contribution is 5.85. The van der Waals surface area contributed by atoms with Gasteiger partial charge in [-0.15, -0.1) is 12.4 Å². The number of nitrogens with two attached hydrogens (primary N) is 1. The molecule has 0 aromatic heterocycles. The summed E-state index contributed by atoms with van der Waals surface area (Å²) >= 11 is 0. The lowest BCUT2D eigenvalue weighted by Gasteiger charge is -2.21. The molecule has 0 radical (unpaired) electrons. The molecule has 0 aliphatic heterocycles. The largest absolute Gasteiger partial charge is 0.467 e. The fourth-order valence-corrected chi connectivity index (χ4v) is 0.372. The first-order chi connectivity index (χ1) is 5.02. The fourth-order valence-electron chi connectivity index (χ4n) is 0.372. The fraction of sp³-hybridized carbons (Fsp3) is 0.857. The van der Waals surface area contributed by atoms with Crippen molar-refractivity contribution in [2.24, 2.45) is 5.73 Å². The van der Waals surface area contributed by atoms with Crippen LogP contribution in [0.2, 0.25) is 0 Å². The first-order valence-corrected chi connectivity index (χ1v) is 3.42. The van der Waals surface area contributed by atoms with E-state index in [4.69, 9.17) is 10.5 Å². The van der Waals surface area contributed by atoms with E-state index >= 15 is 0 Å². The Balaban J connectivity index is 0. The zero-order valence-electron chi connectivity index (χ0n) is 7.62. The number of carbonyl (C=O) groups is 1. The average Bonchev–Trinajstić information content (AvgIpc) is 2.00. The van der Waals surface area contributed by atoms with Gasteiger partial charge in [-0.2, -0.15) is 0 Å². The average molecular weight is 198 g/mol. The SMILES string of the molecule is COC(=O)COC(C)(C)CN.Cl. The van der Waals surface area contributed by atoms with Gasteiger partial charge in [0.15, 0.2) is 0 Å². The molecule has 0 aromatic carbocycles. The molecule has 0 amide bonds. The van der Waals surface area contributed by atoms with Crippen LogP contribution in [0.25, 0.3) is 0 Å². The quantitative estimate of drug-likeness (QED) is 0.661. The van der Waals surface area contributed by atoms with Gasteiger partial charge in [-0.1, -0.05) is 0 Å². The predicted molar refractivity (Wildman–Crippen MR) is 48.3 cm³/mol. The van der Waals surface area contributed by atoms with Gasteiger partial charge in [0.1, 0.15) is 6.61 Å². The molecule has 0 spiro atoms. The molecule has 5 heteroatoms. The molecule has 0 saturated heterocycles. The van der Waals surface area contributed by atoms with Gasteiger partial charge in [0.05, 0.1) is 12.7 Å². The third-order valence-corrected chi connectivity index (χ3v) is 1.30. The molecule has 0 saturated carbocycles. The number of halogens is 1. The minimum Gasteiger partial charge on any atom is -0.467 e. The van der Waals surface area contributed by atoms with E-state index in [2.05, 4.69) is 4.74 Å². The first-order valence-electron chi connectivity index (χ1n) is 3.42. The van der Waals surface area contributed by atoms with Crippen LogP contribution in [0.3, 0.4) is 0 Å². The molecule has 0 fully saturated rings. The Hall–Kier alpha value is -0.320. The van der Waals surface area contributed by atoms with Crippen LogP contribution in [0.4, 0.5) is 0 Å². The van der Waals surface area contributed by atoms with Crippen LogP contribution < -0.4 is 5.73 Å². The summed E-state index contributed by atoms with van der Waals surface area (Å²) in [6.07, 6.45) is 0. The van der Waals surface area contributed by atoms with Crippen molar-refractivity contribution in [1.82, 2.24) is 0 Å². The van der Waals surface area contributed by atoms with E-state index in [1.807, 2.05) is 13.8 Å². The van der Waals surface area contributed by atoms with Gasteiger partial charge < -0.3 is 15.2 Å². The third kappa shape index (κ3) is 6.39. The van der Waals surface area contributed by atoms with Crippen LogP contribution in [0.1, 0.15) is 13.8 Å². The Morgan fingerprint density at radius 2 is 2.00 bits per heavy atom. The number of hydrogen-bond acceptors (Lipinski definition) is 4. The molecular weight excluding hydrogens is 182 g/mol. The zero-order valence-corrected chi connectivity index (χ0v) is 8.44. The van der Waals surface area contributed by atoms with Crippen molar-refractivity contribution in [3.05, 3.63) is 0 Å². The normalized spacial score (nSPS) is 10.3. The highest BCUT2D eigenvalue weighted by Gasteiger charge is 2.17. The van der Waals surface area contributed by atoms with Gasteiger partial charge >= 0.3 is 5.97 Å². The van der Waals surface area contributed by atoms with Gasteiger partial charge in [-0.25, -0.2) is 4.79 Å². The number of methoxy groups -OCH3 is 1. The van der Waals surface area contributed by atoms with Crippen LogP contribution in [0.15, 0.2) is 0 Å². The predicted octanol–water partition coefficient (Wildman–Crippen LogP) is 0.335. The molecule has 0 bridgehead atoms. The summed E-state index contributed by atoms with van der Waals surface area (Å²) in [5, 5.41) is 0. The molecule has 0 atom stereocenters. The van der Waals surface area contributed by atoms with Crippen molar-refractivity contribution in [3.8, 4) is 0 Å². The van der Waals surface area contributed by atoms with Crippen LogP contribution >= 0.6 is 12.4 Å². The molecule has 0 unspecified atom stereocenters. The van der Waals surface area contributed by atoms with Crippen molar-refractivity contribution in [1.29, 1.82) is 0 Å². The van der Waals surface area contributed by atoms with Gasteiger partial charge in [0, 0.05) is 6.54 Å². The van der Waals surface area contributed by atoms with Gasteiger partial charge in [0.2, 0.25) is 0 Å². The number of esters is 1. The Morgan fingerprint density at radius 1 is 1.50 bits per heavy atom. The molecule has 12 heavy (non-hydrogen) atoms. The first kappa shape index (κ1) is 14.2. The van der Waals surface area contributed by atoms with Crippen molar-refractivity contribution in [2.75, 3.05) is 20.3 Å². The molecule has 0 aliphatic carbocycles. The van der Waals surface area contributed by atoms with Crippen LogP contribution in [-0.4, -0.2) is 31.8 Å². The smallest absolute Gasteiger partial charge is 0.331 e. The highest BCUT2D eigenvalue weighted by Crippen LogP contribution is 2.05. The van der Waals surface area contributed by atoms with E-state index in [-0.39, 0.29) is 25.0 Å². The van der Waals surface area contributed by atoms with Crippen LogP contribution in [-0.2, 0) is 14.3 Å². The summed E-state index contributed by atoms with van der Waals surface area (Å²) in [6, 6.07) is 0. The Labute approximate surface area is 78.8 Å². The molecular formula is C7H16ClNO3. The van der Waals surface area contributed by atoms with Gasteiger partial charge in [-0.05, 0) is 13.8 Å². The molecule has 0 heterocycles. The minimum atomic E-state index is -0.450. The molecule has 74 valence electrons. The topological polar surface area (TPSA) is 61.5 Å². The maximum atomic E-state index is 10.6. The lowest BCUT2D eigenvalue weighted by atomic mass is 10.1. The molecule has 0 rings (SSSR count). The summed E-state index contributed by atoms with van der Waals surface area (Å²) in [5.41, 5.74) is 4.91. The summed E-state index contributed by atoms with van der Waals surface area (Å²) in [7, 11) is 1.32. The third-order valence-electron chi connectivity index (χ3n) is 1.30. The Morgan fingerprint density at radius 3 is 2.33 bits per heavy atom. The summed E-state index contributed by atoms with van der Waals surface area (Å²) in [5.74, 6) is -0.383. The highest BCUT2D eigenvalue weighted by atomic mass is 35.5. The van der Waals surface area contributed by atoms with Crippen molar-refractivity contribution in [2.45, 2.75) is 19.4 Å². The molecule has 4 nitrogen and oxygen atoms in total. The van der Waals surface area contributed by atoms with E-state index in [1.165, 1.54) is 7.11 Å². The van der Waals surface area contributed by atoms with Gasteiger partial charge in [0.25, 0.3) is 0 Å². The van der Waals surface area contributed by atoms with Crippen LogP contribution in [0, 0.1) is 0 Å². The number of rotatable bonds is 4. The Bertz CT molecular complexity index is 139. The molecule has 0 aliphatic rings. The maximum absolute atomic E-state index is 10.6. The lowest BCUT2D eigenvalue weighted by molar-refractivity contribution is -0.151. The van der Waals surface area contributed by atoms with E-state index in [9.17, 15) is 4.79 Å². The number of hydrogen-bond donors (Lipinski definition) is 1. The summed E-state index contributed by atoms with van der Waals surface area (Å²) in [4.78, 5) is 10.6. The molecule has 2 N–H and O–H groups in total. The number of carbonyl (C=O) groups excluding carboxylic acids is 1. The van der Waals surface area contributed by atoms with E-state index in [0.717, 1.165) is 0 Å². The minimum absolute atomic E-state index is 0. The van der Waals surface area contributed by atoms with E-state index in [0.29, 0.717) is 6.54 Å². The van der Waals surface area contributed by atoms with Crippen molar-refractivity contribution >= 4 is 18.4 Å². The second-order valence-corrected chi connectivity index (χ2v) is 2.83. The standard InChI is InChI=1S/C7H15NO3.ClH/c1-7(2,5-8)11-4-6(9)10-3;/h4-5,8H2,1-3H3;1H. The summed E-state index contributed by atoms with van der Waals surface area (Å²) in [6.45, 7) is 3.97. The lowest BCUT2D eigenvalue weighted by Crippen LogP contribution is -2.35. The van der Waals surface area contributed by atoms with Crippen molar-refractivity contribution < 1.29 is 14.3 Å². The zero-order chi connectivity index (χ0) is 8.91. The Kier molecular flexibility index (Phi) is 7.37. The molecule has 0 aromatic rings. The second-order valence-electron chi connectivity index (χ2n) is 2.83. The van der Waals surface area contributed by atoms with Gasteiger partial charge in [-0.3, -0.25) is 0 Å². The monoisotopic (exact) mass is 197 g/mol. The summed E-state index contributed by atoms with van der Waals surface area (Å²) < 4.78 is 9.52. The van der Waals surface area contributed by atoms with Crippen molar-refractivity contribution in [3.63, 3.8) is 0 Å².